The summed E-state index contributed by atoms with van der Waals surface area (Å²) >= 11 is 7.30. The summed E-state index contributed by atoms with van der Waals surface area (Å²) in [6.07, 6.45) is 1.27. The molecule has 1 saturated heterocycles. The van der Waals surface area contributed by atoms with Crippen LogP contribution in [0, 0.1) is 0 Å². The first-order chi connectivity index (χ1) is 13.0. The van der Waals surface area contributed by atoms with E-state index in [4.69, 9.17) is 21.1 Å². The number of rotatable bonds is 7. The van der Waals surface area contributed by atoms with E-state index in [0.29, 0.717) is 40.1 Å². The monoisotopic (exact) mass is 408 g/mol. The molecule has 0 saturated carbocycles. The number of anilines is 1. The Bertz CT molecular complexity index is 882. The highest BCUT2D eigenvalue weighted by Gasteiger charge is 2.24. The molecule has 9 heteroatoms. The van der Waals surface area contributed by atoms with Gasteiger partial charge in [-0.05, 0) is 24.6 Å². The van der Waals surface area contributed by atoms with Crippen molar-refractivity contribution in [1.29, 1.82) is 0 Å². The van der Waals surface area contributed by atoms with Gasteiger partial charge in [0.1, 0.15) is 5.75 Å². The van der Waals surface area contributed by atoms with Crippen molar-refractivity contribution in [3.8, 4) is 5.75 Å². The second-order valence-electron chi connectivity index (χ2n) is 5.88. The zero-order valence-corrected chi connectivity index (χ0v) is 16.1. The SMILES string of the molecule is COc1ccc(C(=O)COC(=O)Cc2csc(N3CCCC3=O)n2)cc1Cl. The van der Waals surface area contributed by atoms with Gasteiger partial charge in [-0.2, -0.15) is 0 Å². The first kappa shape index (κ1) is 19.3. The maximum absolute atomic E-state index is 12.1. The third-order valence-electron chi connectivity index (χ3n) is 4.01. The molecule has 1 aliphatic heterocycles. The van der Waals surface area contributed by atoms with E-state index in [1.54, 1.807) is 22.4 Å². The van der Waals surface area contributed by atoms with Crippen molar-refractivity contribution in [1.82, 2.24) is 4.98 Å². The van der Waals surface area contributed by atoms with Crippen molar-refractivity contribution in [2.45, 2.75) is 19.3 Å². The lowest BCUT2D eigenvalue weighted by molar-refractivity contribution is -0.141. The molecule has 0 bridgehead atoms. The quantitative estimate of drug-likeness (QED) is 0.517. The summed E-state index contributed by atoms with van der Waals surface area (Å²) < 4.78 is 10.1. The molecule has 3 rings (SSSR count). The Morgan fingerprint density at radius 1 is 1.37 bits per heavy atom. The van der Waals surface area contributed by atoms with Crippen molar-refractivity contribution < 1.29 is 23.9 Å². The van der Waals surface area contributed by atoms with Gasteiger partial charge < -0.3 is 9.47 Å². The number of amides is 1. The number of halogens is 1. The zero-order valence-electron chi connectivity index (χ0n) is 14.6. The van der Waals surface area contributed by atoms with Crippen LogP contribution in [-0.2, 0) is 20.7 Å². The fourth-order valence-electron chi connectivity index (χ4n) is 2.62. The molecule has 1 fully saturated rings. The number of Topliss-reactive ketones (excluding diaryl/α,β-unsaturated/α-hetero) is 1. The van der Waals surface area contributed by atoms with Gasteiger partial charge in [0.05, 0.1) is 24.2 Å². The smallest absolute Gasteiger partial charge is 0.312 e. The van der Waals surface area contributed by atoms with Crippen LogP contribution in [0.15, 0.2) is 23.6 Å². The molecule has 0 radical (unpaired) electrons. The average molecular weight is 409 g/mol. The molecule has 142 valence electrons. The minimum atomic E-state index is -0.562. The Hall–Kier alpha value is -2.45. The molecule has 1 amide bonds. The molecular formula is C18H17ClN2O5S. The Labute approximate surface area is 164 Å². The number of nitrogens with zero attached hydrogens (tertiary/aromatic N) is 2. The van der Waals surface area contributed by atoms with E-state index in [2.05, 4.69) is 4.98 Å². The highest BCUT2D eigenvalue weighted by atomic mass is 35.5. The Morgan fingerprint density at radius 2 is 2.19 bits per heavy atom. The molecule has 27 heavy (non-hydrogen) atoms. The van der Waals surface area contributed by atoms with Gasteiger partial charge in [0.25, 0.3) is 0 Å². The summed E-state index contributed by atoms with van der Waals surface area (Å²) in [6, 6.07) is 4.60. The molecule has 1 aliphatic rings. The molecule has 1 aromatic carbocycles. The lowest BCUT2D eigenvalue weighted by atomic mass is 10.1. The van der Waals surface area contributed by atoms with Crippen molar-refractivity contribution in [3.05, 3.63) is 39.9 Å². The maximum Gasteiger partial charge on any atom is 0.312 e. The minimum Gasteiger partial charge on any atom is -0.495 e. The number of aromatic nitrogens is 1. The Morgan fingerprint density at radius 3 is 2.85 bits per heavy atom. The highest BCUT2D eigenvalue weighted by molar-refractivity contribution is 7.14. The van der Waals surface area contributed by atoms with Crippen LogP contribution in [-0.4, -0.2) is 42.9 Å². The largest absolute Gasteiger partial charge is 0.495 e. The first-order valence-corrected chi connectivity index (χ1v) is 9.51. The van der Waals surface area contributed by atoms with Gasteiger partial charge in [-0.1, -0.05) is 11.6 Å². The van der Waals surface area contributed by atoms with E-state index >= 15 is 0 Å². The topological polar surface area (TPSA) is 85.8 Å². The van der Waals surface area contributed by atoms with Gasteiger partial charge in [-0.15, -0.1) is 11.3 Å². The van der Waals surface area contributed by atoms with Crippen LogP contribution in [0.1, 0.15) is 28.9 Å². The van der Waals surface area contributed by atoms with E-state index in [1.807, 2.05) is 0 Å². The maximum atomic E-state index is 12.1. The normalized spacial score (nSPS) is 13.7. The molecule has 0 aliphatic carbocycles. The lowest BCUT2D eigenvalue weighted by Crippen LogP contribution is -2.23. The number of thiazole rings is 1. The zero-order chi connectivity index (χ0) is 19.4. The van der Waals surface area contributed by atoms with Crippen LogP contribution in [0.5, 0.6) is 5.75 Å². The third kappa shape index (κ3) is 4.64. The number of ketones is 1. The van der Waals surface area contributed by atoms with Gasteiger partial charge in [-0.3, -0.25) is 19.3 Å². The standard InChI is InChI=1S/C18H17ClN2O5S/c1-25-15-5-4-11(7-13(15)19)14(22)9-26-17(24)8-12-10-27-18(20-12)21-6-2-3-16(21)23/h4-5,7,10H,2-3,6,8-9H2,1H3. The molecule has 2 heterocycles. The van der Waals surface area contributed by atoms with Crippen LogP contribution >= 0.6 is 22.9 Å². The molecule has 0 unspecified atom stereocenters. The van der Waals surface area contributed by atoms with Crippen molar-refractivity contribution >= 4 is 45.7 Å². The summed E-state index contributed by atoms with van der Waals surface area (Å²) in [5, 5.41) is 2.61. The van der Waals surface area contributed by atoms with Crippen molar-refractivity contribution in [2.24, 2.45) is 0 Å². The van der Waals surface area contributed by atoms with E-state index in [0.717, 1.165) is 6.42 Å². The number of benzene rings is 1. The minimum absolute atomic E-state index is 0.0437. The first-order valence-electron chi connectivity index (χ1n) is 8.25. The van der Waals surface area contributed by atoms with Gasteiger partial charge >= 0.3 is 5.97 Å². The molecular weight excluding hydrogens is 392 g/mol. The predicted molar refractivity (Wildman–Crippen MR) is 101 cm³/mol. The molecule has 0 N–H and O–H groups in total. The molecule has 2 aromatic rings. The molecule has 7 nitrogen and oxygen atoms in total. The van der Waals surface area contributed by atoms with E-state index in [-0.39, 0.29) is 24.7 Å². The highest BCUT2D eigenvalue weighted by Crippen LogP contribution is 2.26. The van der Waals surface area contributed by atoms with Crippen LogP contribution < -0.4 is 9.64 Å². The van der Waals surface area contributed by atoms with E-state index in [1.165, 1.54) is 24.5 Å². The number of hydrogen-bond donors (Lipinski definition) is 0. The Balaban J connectivity index is 1.52. The lowest BCUT2D eigenvalue weighted by Gasteiger charge is -2.10. The molecule has 0 spiro atoms. The summed E-state index contributed by atoms with van der Waals surface area (Å²) in [6.45, 7) is 0.262. The fraction of sp³-hybridized carbons (Fsp3) is 0.333. The number of esters is 1. The molecule has 1 aromatic heterocycles. The van der Waals surface area contributed by atoms with Gasteiger partial charge in [0.15, 0.2) is 17.5 Å². The van der Waals surface area contributed by atoms with Crippen LogP contribution in [0.4, 0.5) is 5.13 Å². The van der Waals surface area contributed by atoms with E-state index < -0.39 is 5.97 Å². The van der Waals surface area contributed by atoms with Gasteiger partial charge in [-0.25, -0.2) is 4.98 Å². The average Bonchev–Trinajstić information content (AvgIpc) is 3.28. The van der Waals surface area contributed by atoms with Crippen molar-refractivity contribution in [3.63, 3.8) is 0 Å². The second-order valence-corrected chi connectivity index (χ2v) is 7.12. The van der Waals surface area contributed by atoms with Crippen LogP contribution in [0.3, 0.4) is 0 Å². The predicted octanol–water partition coefficient (Wildman–Crippen LogP) is 2.90. The Kier molecular flexibility index (Phi) is 6.08. The van der Waals surface area contributed by atoms with Crippen LogP contribution in [0.25, 0.3) is 0 Å². The van der Waals surface area contributed by atoms with Gasteiger partial charge in [0, 0.05) is 23.9 Å². The summed E-state index contributed by atoms with van der Waals surface area (Å²) in [5.41, 5.74) is 0.844. The van der Waals surface area contributed by atoms with Crippen molar-refractivity contribution in [2.75, 3.05) is 25.2 Å². The van der Waals surface area contributed by atoms with Crippen LogP contribution in [0.2, 0.25) is 5.02 Å². The number of carbonyl (C=O) groups is 3. The third-order valence-corrected chi connectivity index (χ3v) is 5.22. The van der Waals surface area contributed by atoms with Gasteiger partial charge in [0.2, 0.25) is 5.91 Å². The number of methoxy groups -OCH3 is 1. The summed E-state index contributed by atoms with van der Waals surface area (Å²) in [7, 11) is 1.48. The number of ether oxygens (including phenoxy) is 2. The fourth-order valence-corrected chi connectivity index (χ4v) is 3.75. The second kappa shape index (κ2) is 8.49. The summed E-state index contributed by atoms with van der Waals surface area (Å²) in [5.74, 6) is -0.426. The summed E-state index contributed by atoms with van der Waals surface area (Å²) in [4.78, 5) is 41.8. The number of hydrogen-bond acceptors (Lipinski definition) is 7. The van der Waals surface area contributed by atoms with E-state index in [9.17, 15) is 14.4 Å². The number of carbonyl (C=O) groups excluding carboxylic acids is 3. The molecule has 0 atom stereocenters.